The maximum absolute atomic E-state index is 13.8. The summed E-state index contributed by atoms with van der Waals surface area (Å²) in [6.45, 7) is 0. The largest absolute Gasteiger partial charge is 0.345 e. The number of hydrogen-bond acceptors (Lipinski definition) is 3. The van der Waals surface area contributed by atoms with Gasteiger partial charge in [-0.3, -0.25) is 4.79 Å². The smallest absolute Gasteiger partial charge is 0.272 e. The highest BCUT2D eigenvalue weighted by atomic mass is 35.5. The van der Waals surface area contributed by atoms with Gasteiger partial charge in [-0.15, -0.1) is 0 Å². The van der Waals surface area contributed by atoms with Gasteiger partial charge < -0.3 is 5.32 Å². The molecule has 2 aromatic heterocycles. The van der Waals surface area contributed by atoms with Crippen molar-refractivity contribution in [2.24, 2.45) is 0 Å². The SMILES string of the molecule is O=C(NC1CC1F)c1nn2cccnc2c1-c1ccc(Cl)c(F)c1. The molecular weight excluding hydrogens is 338 g/mol. The zero-order chi connectivity index (χ0) is 16.8. The molecular formula is C16H11ClF2N4O. The van der Waals surface area contributed by atoms with Gasteiger partial charge >= 0.3 is 0 Å². The number of fused-ring (bicyclic) bond motifs is 1. The van der Waals surface area contributed by atoms with Crippen molar-refractivity contribution < 1.29 is 13.6 Å². The van der Waals surface area contributed by atoms with Crippen molar-refractivity contribution >= 4 is 23.2 Å². The summed E-state index contributed by atoms with van der Waals surface area (Å²) in [4.78, 5) is 16.7. The Kier molecular flexibility index (Phi) is 3.45. The second-order valence-corrected chi connectivity index (χ2v) is 5.98. The number of benzene rings is 1. The molecule has 2 heterocycles. The highest BCUT2D eigenvalue weighted by Gasteiger charge is 2.39. The number of aromatic nitrogens is 3. The quantitative estimate of drug-likeness (QED) is 0.791. The lowest BCUT2D eigenvalue weighted by atomic mass is 10.1. The van der Waals surface area contributed by atoms with Crippen LogP contribution in [0.25, 0.3) is 16.8 Å². The van der Waals surface area contributed by atoms with E-state index >= 15 is 0 Å². The first-order valence-corrected chi connectivity index (χ1v) is 7.66. The third kappa shape index (κ3) is 2.50. The number of amides is 1. The third-order valence-electron chi connectivity index (χ3n) is 3.85. The van der Waals surface area contributed by atoms with Crippen molar-refractivity contribution in [1.29, 1.82) is 0 Å². The number of nitrogens with one attached hydrogen (secondary N) is 1. The zero-order valence-electron chi connectivity index (χ0n) is 12.2. The van der Waals surface area contributed by atoms with E-state index in [0.717, 1.165) is 0 Å². The second-order valence-electron chi connectivity index (χ2n) is 5.57. The summed E-state index contributed by atoms with van der Waals surface area (Å²) < 4.78 is 28.3. The molecule has 1 aliphatic rings. The van der Waals surface area contributed by atoms with E-state index in [2.05, 4.69) is 15.4 Å². The minimum atomic E-state index is -1.03. The average molecular weight is 349 g/mol. The Hall–Kier alpha value is -2.54. The van der Waals surface area contributed by atoms with E-state index in [1.807, 2.05) is 0 Å². The Morgan fingerprint density at radius 2 is 2.21 bits per heavy atom. The van der Waals surface area contributed by atoms with Crippen molar-refractivity contribution in [2.75, 3.05) is 0 Å². The molecule has 0 radical (unpaired) electrons. The van der Waals surface area contributed by atoms with Crippen LogP contribution in [-0.2, 0) is 0 Å². The predicted octanol–water partition coefficient (Wildman–Crippen LogP) is 3.03. The summed E-state index contributed by atoms with van der Waals surface area (Å²) in [5.41, 5.74) is 1.26. The highest BCUT2D eigenvalue weighted by molar-refractivity contribution is 6.30. The molecule has 5 nitrogen and oxygen atoms in total. The number of hydrogen-bond donors (Lipinski definition) is 1. The molecule has 1 amide bonds. The molecule has 2 atom stereocenters. The van der Waals surface area contributed by atoms with Crippen LogP contribution in [0.1, 0.15) is 16.9 Å². The van der Waals surface area contributed by atoms with Crippen LogP contribution in [0.5, 0.6) is 0 Å². The van der Waals surface area contributed by atoms with Gasteiger partial charge in [-0.2, -0.15) is 5.10 Å². The van der Waals surface area contributed by atoms with Crippen molar-refractivity contribution in [3.8, 4) is 11.1 Å². The van der Waals surface area contributed by atoms with Crippen LogP contribution in [0.4, 0.5) is 8.78 Å². The molecule has 3 aromatic rings. The minimum Gasteiger partial charge on any atom is -0.345 e. The molecule has 0 aliphatic heterocycles. The summed E-state index contributed by atoms with van der Waals surface area (Å²) in [7, 11) is 0. The Labute approximate surface area is 140 Å². The topological polar surface area (TPSA) is 59.3 Å². The van der Waals surface area contributed by atoms with Gasteiger partial charge in [-0.25, -0.2) is 18.3 Å². The van der Waals surface area contributed by atoms with Gasteiger partial charge in [0.15, 0.2) is 11.3 Å². The van der Waals surface area contributed by atoms with Crippen LogP contribution in [0.15, 0.2) is 36.7 Å². The molecule has 0 bridgehead atoms. The van der Waals surface area contributed by atoms with Gasteiger partial charge in [0.05, 0.1) is 16.6 Å². The number of halogens is 3. The van der Waals surface area contributed by atoms with Gasteiger partial charge in [0.1, 0.15) is 12.0 Å². The molecule has 1 aliphatic carbocycles. The number of carbonyl (C=O) groups excluding carboxylic acids is 1. The van der Waals surface area contributed by atoms with E-state index in [9.17, 15) is 13.6 Å². The van der Waals surface area contributed by atoms with Gasteiger partial charge in [-0.1, -0.05) is 17.7 Å². The first-order chi connectivity index (χ1) is 11.5. The van der Waals surface area contributed by atoms with Crippen molar-refractivity contribution in [3.05, 3.63) is 53.2 Å². The van der Waals surface area contributed by atoms with Crippen LogP contribution < -0.4 is 5.32 Å². The Morgan fingerprint density at radius 1 is 1.42 bits per heavy atom. The maximum atomic E-state index is 13.8. The highest BCUT2D eigenvalue weighted by Crippen LogP contribution is 2.31. The summed E-state index contributed by atoms with van der Waals surface area (Å²) in [6, 6.07) is 5.37. The van der Waals surface area contributed by atoms with Crippen LogP contribution in [-0.4, -0.2) is 32.7 Å². The lowest BCUT2D eigenvalue weighted by molar-refractivity contribution is 0.0943. The molecule has 24 heavy (non-hydrogen) atoms. The van der Waals surface area contributed by atoms with Crippen LogP contribution >= 0.6 is 11.6 Å². The first-order valence-electron chi connectivity index (χ1n) is 7.28. The fourth-order valence-corrected chi connectivity index (χ4v) is 2.63. The summed E-state index contributed by atoms with van der Waals surface area (Å²) >= 11 is 5.72. The number of alkyl halides is 1. The molecule has 0 saturated heterocycles. The first kappa shape index (κ1) is 15.0. The fourth-order valence-electron chi connectivity index (χ4n) is 2.51. The van der Waals surface area contributed by atoms with E-state index in [0.29, 0.717) is 23.2 Å². The molecule has 122 valence electrons. The minimum absolute atomic E-state index is 0.0209. The van der Waals surface area contributed by atoms with E-state index < -0.39 is 23.9 Å². The van der Waals surface area contributed by atoms with Gasteiger partial charge in [0, 0.05) is 18.8 Å². The fraction of sp³-hybridized carbons (Fsp3) is 0.188. The number of nitrogens with zero attached hydrogens (tertiary/aromatic N) is 3. The summed E-state index contributed by atoms with van der Waals surface area (Å²) in [5, 5.41) is 6.77. The van der Waals surface area contributed by atoms with E-state index in [1.54, 1.807) is 24.5 Å². The normalized spacial score (nSPS) is 19.5. The molecule has 8 heteroatoms. The molecule has 0 spiro atoms. The van der Waals surface area contributed by atoms with E-state index in [1.165, 1.54) is 16.6 Å². The van der Waals surface area contributed by atoms with Crippen LogP contribution in [0.3, 0.4) is 0 Å². The Balaban J connectivity index is 1.86. The number of carbonyl (C=O) groups is 1. The molecule has 2 unspecified atom stereocenters. The van der Waals surface area contributed by atoms with Crippen LogP contribution in [0, 0.1) is 5.82 Å². The summed E-state index contributed by atoms with van der Waals surface area (Å²) in [6.07, 6.45) is 2.44. The van der Waals surface area contributed by atoms with Crippen molar-refractivity contribution in [2.45, 2.75) is 18.6 Å². The van der Waals surface area contributed by atoms with Gasteiger partial charge in [0.25, 0.3) is 5.91 Å². The standard InChI is InChI=1S/C16H11ClF2N4O/c17-9-3-2-8(6-10(9)18)13-14(16(24)21-12-7-11(12)19)22-23-5-1-4-20-15(13)23/h1-6,11-12H,7H2,(H,21,24). The lowest BCUT2D eigenvalue weighted by Crippen LogP contribution is -2.28. The van der Waals surface area contributed by atoms with Gasteiger partial charge in [0.2, 0.25) is 0 Å². The molecule has 1 aromatic carbocycles. The predicted molar refractivity (Wildman–Crippen MR) is 84.2 cm³/mol. The Morgan fingerprint density at radius 3 is 2.92 bits per heavy atom. The lowest BCUT2D eigenvalue weighted by Gasteiger charge is -2.05. The molecule has 1 saturated carbocycles. The molecule has 4 rings (SSSR count). The van der Waals surface area contributed by atoms with E-state index in [4.69, 9.17) is 11.6 Å². The Bertz CT molecular complexity index is 958. The van der Waals surface area contributed by atoms with Crippen LogP contribution in [0.2, 0.25) is 5.02 Å². The molecule has 1 fully saturated rings. The van der Waals surface area contributed by atoms with Crippen molar-refractivity contribution in [1.82, 2.24) is 19.9 Å². The second kappa shape index (κ2) is 5.52. The zero-order valence-corrected chi connectivity index (χ0v) is 13.0. The maximum Gasteiger partial charge on any atom is 0.272 e. The average Bonchev–Trinajstić information content (AvgIpc) is 3.11. The van der Waals surface area contributed by atoms with Gasteiger partial charge in [-0.05, 0) is 23.8 Å². The third-order valence-corrected chi connectivity index (χ3v) is 4.15. The van der Waals surface area contributed by atoms with E-state index in [-0.39, 0.29) is 10.7 Å². The van der Waals surface area contributed by atoms with Crippen molar-refractivity contribution in [3.63, 3.8) is 0 Å². The molecule has 1 N–H and O–H groups in total. The number of rotatable bonds is 3. The summed E-state index contributed by atoms with van der Waals surface area (Å²) in [5.74, 6) is -1.13. The monoisotopic (exact) mass is 348 g/mol.